The van der Waals surface area contributed by atoms with Gasteiger partial charge in [-0.05, 0) is 31.7 Å². The van der Waals surface area contributed by atoms with Gasteiger partial charge in [0.1, 0.15) is 12.0 Å². The van der Waals surface area contributed by atoms with Crippen molar-refractivity contribution in [3.05, 3.63) is 43.1 Å². The average Bonchev–Trinajstić information content (AvgIpc) is 3.50. The molecule has 4 aromatic rings. The van der Waals surface area contributed by atoms with Gasteiger partial charge in [-0.15, -0.1) is 0 Å². The molecule has 10 nitrogen and oxygen atoms in total. The number of nitrogens with one attached hydrogen (secondary N) is 1. The van der Waals surface area contributed by atoms with Gasteiger partial charge in [-0.3, -0.25) is 0 Å². The van der Waals surface area contributed by atoms with Gasteiger partial charge in [-0.1, -0.05) is 0 Å². The highest BCUT2D eigenvalue weighted by Crippen LogP contribution is 2.39. The molecule has 0 bridgehead atoms. The number of methoxy groups -OCH3 is 3. The Morgan fingerprint density at radius 1 is 1.00 bits per heavy atom. The first kappa shape index (κ1) is 22.0. The van der Waals surface area contributed by atoms with Crippen LogP contribution in [-0.4, -0.2) is 56.6 Å². The largest absolute Gasteiger partial charge is 0.493 e. The highest BCUT2D eigenvalue weighted by atomic mass is 16.5. The minimum Gasteiger partial charge on any atom is -0.493 e. The SMILES string of the molecule is COc1cc(-n2cnc(Nc3ncc4ccn(C5CCC(O)CC5)c4n3)c2)cc(OC)c1OC. The summed E-state index contributed by atoms with van der Waals surface area (Å²) in [7, 11) is 4.74. The van der Waals surface area contributed by atoms with E-state index in [-0.39, 0.29) is 6.10 Å². The number of benzene rings is 1. The summed E-state index contributed by atoms with van der Waals surface area (Å²) in [5.41, 5.74) is 1.68. The van der Waals surface area contributed by atoms with Gasteiger partial charge in [0.25, 0.3) is 0 Å². The fourth-order valence-electron chi connectivity index (χ4n) is 4.49. The van der Waals surface area contributed by atoms with Gasteiger partial charge < -0.3 is 33.8 Å². The number of hydrogen-bond donors (Lipinski definition) is 2. The van der Waals surface area contributed by atoms with E-state index in [0.717, 1.165) is 42.4 Å². The van der Waals surface area contributed by atoms with Crippen LogP contribution in [0.25, 0.3) is 16.7 Å². The number of ether oxygens (including phenoxy) is 3. The molecule has 1 aliphatic carbocycles. The van der Waals surface area contributed by atoms with Gasteiger partial charge in [-0.25, -0.2) is 9.97 Å². The van der Waals surface area contributed by atoms with E-state index in [0.29, 0.717) is 35.1 Å². The fraction of sp³-hybridized carbons (Fsp3) is 0.375. The first-order valence-corrected chi connectivity index (χ1v) is 11.2. The zero-order valence-corrected chi connectivity index (χ0v) is 19.4. The number of nitrogens with zero attached hydrogens (tertiary/aromatic N) is 5. The monoisotopic (exact) mass is 464 g/mol. The molecule has 0 saturated heterocycles. The van der Waals surface area contributed by atoms with E-state index >= 15 is 0 Å². The smallest absolute Gasteiger partial charge is 0.230 e. The van der Waals surface area contributed by atoms with Crippen LogP contribution < -0.4 is 19.5 Å². The highest BCUT2D eigenvalue weighted by Gasteiger charge is 2.22. The zero-order valence-electron chi connectivity index (χ0n) is 19.4. The number of imidazole rings is 1. The summed E-state index contributed by atoms with van der Waals surface area (Å²) in [6.45, 7) is 0. The molecule has 3 heterocycles. The third-order valence-corrected chi connectivity index (χ3v) is 6.28. The first-order chi connectivity index (χ1) is 16.6. The summed E-state index contributed by atoms with van der Waals surface area (Å²) in [5, 5.41) is 14.0. The van der Waals surface area contributed by atoms with Crippen molar-refractivity contribution in [1.82, 2.24) is 24.1 Å². The summed E-state index contributed by atoms with van der Waals surface area (Å²) in [6, 6.07) is 6.07. The minimum absolute atomic E-state index is 0.189. The number of aromatic nitrogens is 5. The van der Waals surface area contributed by atoms with Crippen LogP contribution in [0.5, 0.6) is 17.2 Å². The van der Waals surface area contributed by atoms with Gasteiger partial charge in [-0.2, -0.15) is 4.98 Å². The van der Waals surface area contributed by atoms with Gasteiger partial charge in [0.15, 0.2) is 17.3 Å². The van der Waals surface area contributed by atoms with Crippen LogP contribution in [0, 0.1) is 0 Å². The number of fused-ring (bicyclic) bond motifs is 1. The molecule has 5 rings (SSSR count). The molecular weight excluding hydrogens is 436 g/mol. The molecule has 10 heteroatoms. The second-order valence-electron chi connectivity index (χ2n) is 8.33. The molecule has 1 aromatic carbocycles. The third kappa shape index (κ3) is 4.12. The van der Waals surface area contributed by atoms with Crippen LogP contribution in [0.15, 0.2) is 43.1 Å². The Labute approximate surface area is 197 Å². The van der Waals surface area contributed by atoms with E-state index in [1.165, 1.54) is 0 Å². The van der Waals surface area contributed by atoms with E-state index in [1.54, 1.807) is 27.7 Å². The third-order valence-electron chi connectivity index (χ3n) is 6.28. The van der Waals surface area contributed by atoms with Gasteiger partial charge in [0, 0.05) is 36.0 Å². The maximum Gasteiger partial charge on any atom is 0.230 e. The van der Waals surface area contributed by atoms with Crippen LogP contribution in [0.4, 0.5) is 11.8 Å². The summed E-state index contributed by atoms with van der Waals surface area (Å²) in [4.78, 5) is 13.7. The Morgan fingerprint density at radius 2 is 1.74 bits per heavy atom. The minimum atomic E-state index is -0.189. The maximum absolute atomic E-state index is 9.84. The van der Waals surface area contributed by atoms with Gasteiger partial charge >= 0.3 is 0 Å². The lowest BCUT2D eigenvalue weighted by Gasteiger charge is -2.27. The predicted molar refractivity (Wildman–Crippen MR) is 128 cm³/mol. The van der Waals surface area contributed by atoms with Crippen molar-refractivity contribution in [2.45, 2.75) is 37.8 Å². The lowest BCUT2D eigenvalue weighted by atomic mass is 9.93. The van der Waals surface area contributed by atoms with Crippen molar-refractivity contribution >= 4 is 22.8 Å². The molecule has 0 radical (unpaired) electrons. The molecule has 0 atom stereocenters. The molecule has 1 fully saturated rings. The van der Waals surface area contributed by atoms with Crippen LogP contribution in [0.3, 0.4) is 0 Å². The lowest BCUT2D eigenvalue weighted by Crippen LogP contribution is -2.20. The molecule has 34 heavy (non-hydrogen) atoms. The van der Waals surface area contributed by atoms with Crippen molar-refractivity contribution < 1.29 is 19.3 Å². The zero-order chi connectivity index (χ0) is 23.7. The van der Waals surface area contributed by atoms with Gasteiger partial charge in [0.2, 0.25) is 11.7 Å². The first-order valence-electron chi connectivity index (χ1n) is 11.2. The molecule has 0 amide bonds. The molecule has 3 aromatic heterocycles. The number of rotatable bonds is 7. The summed E-state index contributed by atoms with van der Waals surface area (Å²) < 4.78 is 20.4. The molecule has 2 N–H and O–H groups in total. The Balaban J connectivity index is 1.40. The Hall–Kier alpha value is -3.79. The fourth-order valence-corrected chi connectivity index (χ4v) is 4.49. The van der Waals surface area contributed by atoms with Crippen LogP contribution in [-0.2, 0) is 0 Å². The lowest BCUT2D eigenvalue weighted by molar-refractivity contribution is 0.111. The van der Waals surface area contributed by atoms with Crippen LogP contribution >= 0.6 is 0 Å². The highest BCUT2D eigenvalue weighted by molar-refractivity contribution is 5.76. The van der Waals surface area contributed by atoms with E-state index in [9.17, 15) is 5.11 Å². The van der Waals surface area contributed by atoms with Crippen molar-refractivity contribution in [2.24, 2.45) is 0 Å². The predicted octanol–water partition coefficient (Wildman–Crippen LogP) is 3.86. The molecule has 0 unspecified atom stereocenters. The topological polar surface area (TPSA) is 108 Å². The van der Waals surface area contributed by atoms with Crippen molar-refractivity contribution in [2.75, 3.05) is 26.6 Å². The summed E-state index contributed by atoms with van der Waals surface area (Å²) in [6.07, 6.45) is 10.7. The quantitative estimate of drug-likeness (QED) is 0.424. The van der Waals surface area contributed by atoms with Crippen molar-refractivity contribution in [3.63, 3.8) is 0 Å². The van der Waals surface area contributed by atoms with E-state index in [1.807, 2.05) is 35.2 Å². The molecular formula is C24H28N6O4. The molecule has 1 saturated carbocycles. The Bertz CT molecular complexity index is 1270. The molecule has 178 valence electrons. The second-order valence-corrected chi connectivity index (χ2v) is 8.33. The van der Waals surface area contributed by atoms with Crippen LogP contribution in [0.2, 0.25) is 0 Å². The Morgan fingerprint density at radius 3 is 2.41 bits per heavy atom. The number of aliphatic hydroxyl groups is 1. The summed E-state index contributed by atoms with van der Waals surface area (Å²) in [5.74, 6) is 2.73. The normalized spacial score (nSPS) is 18.1. The number of aliphatic hydroxyl groups excluding tert-OH is 1. The van der Waals surface area contributed by atoms with Crippen LogP contribution in [0.1, 0.15) is 31.7 Å². The standard InChI is InChI=1S/C24H28N6O4/c1-32-19-10-17(11-20(33-2)22(19)34-3)29-13-21(26-14-29)27-24-25-12-15-8-9-30(23(15)28-24)16-4-6-18(31)7-5-16/h8-14,16,18,31H,4-7H2,1-3H3,(H,25,27,28). The second kappa shape index (κ2) is 9.22. The van der Waals surface area contributed by atoms with E-state index in [4.69, 9.17) is 19.2 Å². The van der Waals surface area contributed by atoms with Crippen molar-refractivity contribution in [1.29, 1.82) is 0 Å². The van der Waals surface area contributed by atoms with Crippen molar-refractivity contribution in [3.8, 4) is 22.9 Å². The Kier molecular flexibility index (Phi) is 5.97. The molecule has 0 aliphatic heterocycles. The average molecular weight is 465 g/mol. The molecule has 0 spiro atoms. The number of hydrogen-bond acceptors (Lipinski definition) is 8. The maximum atomic E-state index is 9.84. The van der Waals surface area contributed by atoms with E-state index in [2.05, 4.69) is 26.0 Å². The van der Waals surface area contributed by atoms with Gasteiger partial charge in [0.05, 0.1) is 39.3 Å². The molecule has 1 aliphatic rings. The number of anilines is 2. The van der Waals surface area contributed by atoms with E-state index < -0.39 is 0 Å². The summed E-state index contributed by atoms with van der Waals surface area (Å²) >= 11 is 0.